The van der Waals surface area contributed by atoms with Gasteiger partial charge >= 0.3 is 0 Å². The molecule has 120 valence electrons. The van der Waals surface area contributed by atoms with Crippen LogP contribution in [0.15, 0.2) is 36.4 Å². The summed E-state index contributed by atoms with van der Waals surface area (Å²) in [5.74, 6) is 2.60. The molecule has 1 fully saturated rings. The fraction of sp³-hybridized carbons (Fsp3) is 0.476. The second kappa shape index (κ2) is 7.51. The number of benzene rings is 2. The first kappa shape index (κ1) is 15.9. The molecule has 0 heterocycles. The van der Waals surface area contributed by atoms with Crippen LogP contribution in [0, 0.1) is 23.2 Å². The van der Waals surface area contributed by atoms with Crippen molar-refractivity contribution in [3.63, 3.8) is 0 Å². The molecular formula is C21H25NO. The highest BCUT2D eigenvalue weighted by Gasteiger charge is 2.20. The van der Waals surface area contributed by atoms with Gasteiger partial charge in [0.1, 0.15) is 5.75 Å². The maximum absolute atomic E-state index is 8.96. The number of hydrogen-bond acceptors (Lipinski definition) is 2. The molecule has 0 radical (unpaired) electrons. The van der Waals surface area contributed by atoms with Crippen molar-refractivity contribution >= 4 is 10.8 Å². The van der Waals surface area contributed by atoms with Gasteiger partial charge in [0.05, 0.1) is 18.2 Å². The molecule has 0 N–H and O–H groups in total. The Labute approximate surface area is 139 Å². The minimum absolute atomic E-state index is 0.704. The molecule has 2 aromatic carbocycles. The summed E-state index contributed by atoms with van der Waals surface area (Å²) in [7, 11) is 0. The van der Waals surface area contributed by atoms with E-state index >= 15 is 0 Å². The highest BCUT2D eigenvalue weighted by molar-refractivity contribution is 5.85. The Hall–Kier alpha value is -2.01. The lowest BCUT2D eigenvalue weighted by molar-refractivity contribution is 0.179. The minimum atomic E-state index is 0.704. The Balaban J connectivity index is 1.57. The normalized spacial score (nSPS) is 21.0. The molecule has 0 spiro atoms. The number of nitriles is 1. The molecule has 1 saturated carbocycles. The zero-order valence-electron chi connectivity index (χ0n) is 13.9. The first-order valence-corrected chi connectivity index (χ1v) is 8.85. The zero-order valence-corrected chi connectivity index (χ0v) is 13.9. The van der Waals surface area contributed by atoms with Crippen LogP contribution in [0.2, 0.25) is 0 Å². The average Bonchev–Trinajstić information content (AvgIpc) is 2.61. The van der Waals surface area contributed by atoms with Gasteiger partial charge in [-0.2, -0.15) is 5.26 Å². The van der Waals surface area contributed by atoms with Gasteiger partial charge in [-0.05, 0) is 59.7 Å². The third-order valence-electron chi connectivity index (χ3n) is 5.09. The van der Waals surface area contributed by atoms with Crippen LogP contribution in [0.4, 0.5) is 0 Å². The first-order valence-electron chi connectivity index (χ1n) is 8.85. The Morgan fingerprint density at radius 1 is 1.00 bits per heavy atom. The summed E-state index contributed by atoms with van der Waals surface area (Å²) in [6, 6.07) is 14.1. The Morgan fingerprint density at radius 2 is 1.70 bits per heavy atom. The largest absolute Gasteiger partial charge is 0.493 e. The number of hydrogen-bond donors (Lipinski definition) is 0. The molecule has 0 amide bonds. The maximum Gasteiger partial charge on any atom is 0.119 e. The zero-order chi connectivity index (χ0) is 16.1. The number of nitrogens with zero attached hydrogens (tertiary/aromatic N) is 1. The maximum atomic E-state index is 8.96. The summed E-state index contributed by atoms with van der Waals surface area (Å²) >= 11 is 0. The van der Waals surface area contributed by atoms with Gasteiger partial charge in [-0.1, -0.05) is 44.7 Å². The summed E-state index contributed by atoms with van der Waals surface area (Å²) in [6.07, 6.45) is 8.07. The van der Waals surface area contributed by atoms with E-state index in [1.165, 1.54) is 38.5 Å². The highest BCUT2D eigenvalue weighted by atomic mass is 16.5. The topological polar surface area (TPSA) is 33.0 Å². The molecule has 3 rings (SSSR count). The summed E-state index contributed by atoms with van der Waals surface area (Å²) in [5.41, 5.74) is 0.704. The summed E-state index contributed by atoms with van der Waals surface area (Å²) in [5, 5.41) is 11.2. The van der Waals surface area contributed by atoms with E-state index in [0.29, 0.717) is 11.5 Å². The van der Waals surface area contributed by atoms with Gasteiger partial charge in [-0.25, -0.2) is 0 Å². The summed E-state index contributed by atoms with van der Waals surface area (Å²) in [6.45, 7) is 3.12. The molecule has 0 atom stereocenters. The molecule has 2 nitrogen and oxygen atoms in total. The van der Waals surface area contributed by atoms with Crippen LogP contribution in [0.1, 0.15) is 51.0 Å². The molecule has 23 heavy (non-hydrogen) atoms. The number of rotatable bonds is 5. The van der Waals surface area contributed by atoms with Crippen LogP contribution in [0.5, 0.6) is 5.75 Å². The van der Waals surface area contributed by atoms with E-state index in [4.69, 9.17) is 10.00 Å². The molecular weight excluding hydrogens is 282 g/mol. The van der Waals surface area contributed by atoms with Gasteiger partial charge in [0, 0.05) is 0 Å². The number of fused-ring (bicyclic) bond motifs is 1. The predicted molar refractivity (Wildman–Crippen MR) is 94.5 cm³/mol. The molecule has 1 aliphatic carbocycles. The van der Waals surface area contributed by atoms with Crippen molar-refractivity contribution in [3.05, 3.63) is 42.0 Å². The predicted octanol–water partition coefficient (Wildman–Crippen LogP) is 5.70. The van der Waals surface area contributed by atoms with E-state index in [1.807, 2.05) is 30.3 Å². The van der Waals surface area contributed by atoms with Crippen LogP contribution in [-0.4, -0.2) is 6.61 Å². The third kappa shape index (κ3) is 4.05. The van der Waals surface area contributed by atoms with Crippen LogP contribution in [0.3, 0.4) is 0 Å². The van der Waals surface area contributed by atoms with Crippen molar-refractivity contribution in [1.82, 2.24) is 0 Å². The Bertz CT molecular complexity index is 693. The van der Waals surface area contributed by atoms with Crippen molar-refractivity contribution in [2.75, 3.05) is 6.61 Å². The van der Waals surface area contributed by atoms with Gasteiger partial charge in [-0.3, -0.25) is 0 Å². The van der Waals surface area contributed by atoms with Gasteiger partial charge in [0.25, 0.3) is 0 Å². The van der Waals surface area contributed by atoms with Crippen molar-refractivity contribution in [2.45, 2.75) is 45.4 Å². The standard InChI is InChI=1S/C21H25NO/c1-2-3-16-4-6-17(7-5-16)15-23-21-11-10-19-12-18(14-22)8-9-20(19)13-21/h8-13,16-17H,2-7,15H2,1H3/t16-,17-. The smallest absolute Gasteiger partial charge is 0.119 e. The van der Waals surface area contributed by atoms with Crippen molar-refractivity contribution in [1.29, 1.82) is 5.26 Å². The lowest BCUT2D eigenvalue weighted by Crippen LogP contribution is -2.20. The monoisotopic (exact) mass is 307 g/mol. The van der Waals surface area contributed by atoms with Crippen LogP contribution < -0.4 is 4.74 Å². The van der Waals surface area contributed by atoms with Crippen molar-refractivity contribution < 1.29 is 4.74 Å². The van der Waals surface area contributed by atoms with E-state index < -0.39 is 0 Å². The second-order valence-electron chi connectivity index (χ2n) is 6.82. The molecule has 0 aromatic heterocycles. The van der Waals surface area contributed by atoms with E-state index in [0.717, 1.165) is 29.0 Å². The average molecular weight is 307 g/mol. The molecule has 2 heteroatoms. The molecule has 0 saturated heterocycles. The lowest BCUT2D eigenvalue weighted by atomic mass is 9.80. The quantitative estimate of drug-likeness (QED) is 0.710. The van der Waals surface area contributed by atoms with Crippen LogP contribution in [-0.2, 0) is 0 Å². The molecule has 0 aliphatic heterocycles. The highest BCUT2D eigenvalue weighted by Crippen LogP contribution is 2.32. The van der Waals surface area contributed by atoms with E-state index in [2.05, 4.69) is 19.1 Å². The Morgan fingerprint density at radius 3 is 2.43 bits per heavy atom. The van der Waals surface area contributed by atoms with Crippen LogP contribution >= 0.6 is 0 Å². The molecule has 0 unspecified atom stereocenters. The summed E-state index contributed by atoms with van der Waals surface area (Å²) < 4.78 is 6.04. The Kier molecular flexibility index (Phi) is 5.18. The van der Waals surface area contributed by atoms with Gasteiger partial charge < -0.3 is 4.74 Å². The van der Waals surface area contributed by atoms with Gasteiger partial charge in [0.2, 0.25) is 0 Å². The van der Waals surface area contributed by atoms with E-state index in [1.54, 1.807) is 0 Å². The van der Waals surface area contributed by atoms with Gasteiger partial charge in [0.15, 0.2) is 0 Å². The fourth-order valence-corrected chi connectivity index (χ4v) is 3.69. The SMILES string of the molecule is CCC[C@H]1CC[C@H](COc2ccc3cc(C#N)ccc3c2)CC1. The molecule has 2 aromatic rings. The third-order valence-corrected chi connectivity index (χ3v) is 5.09. The fourth-order valence-electron chi connectivity index (χ4n) is 3.69. The first-order chi connectivity index (χ1) is 11.3. The van der Waals surface area contributed by atoms with E-state index in [-0.39, 0.29) is 0 Å². The number of ether oxygens (including phenoxy) is 1. The van der Waals surface area contributed by atoms with E-state index in [9.17, 15) is 0 Å². The lowest BCUT2D eigenvalue weighted by Gasteiger charge is -2.28. The second-order valence-corrected chi connectivity index (χ2v) is 6.82. The van der Waals surface area contributed by atoms with Crippen molar-refractivity contribution in [3.8, 4) is 11.8 Å². The van der Waals surface area contributed by atoms with Gasteiger partial charge in [-0.15, -0.1) is 0 Å². The molecule has 1 aliphatic rings. The van der Waals surface area contributed by atoms with Crippen LogP contribution in [0.25, 0.3) is 10.8 Å². The minimum Gasteiger partial charge on any atom is -0.493 e. The van der Waals surface area contributed by atoms with Crippen molar-refractivity contribution in [2.24, 2.45) is 11.8 Å². The summed E-state index contributed by atoms with van der Waals surface area (Å²) in [4.78, 5) is 0. The molecule has 0 bridgehead atoms.